The van der Waals surface area contributed by atoms with Gasteiger partial charge in [0.25, 0.3) is 0 Å². The van der Waals surface area contributed by atoms with Crippen LogP contribution in [0.15, 0.2) is 12.4 Å². The minimum atomic E-state index is 0.710. The van der Waals surface area contributed by atoms with Crippen LogP contribution in [0.1, 0.15) is 12.7 Å². The van der Waals surface area contributed by atoms with Crippen LogP contribution in [0.25, 0.3) is 0 Å². The van der Waals surface area contributed by atoms with Crippen molar-refractivity contribution >= 4 is 17.3 Å². The summed E-state index contributed by atoms with van der Waals surface area (Å²) in [4.78, 5) is 4.22. The van der Waals surface area contributed by atoms with Gasteiger partial charge in [-0.05, 0) is 19.1 Å². The summed E-state index contributed by atoms with van der Waals surface area (Å²) in [5, 5.41) is 6.86. The van der Waals surface area contributed by atoms with Crippen LogP contribution in [0.2, 0.25) is 0 Å². The minimum Gasteiger partial charge on any atom is -0.363 e. The summed E-state index contributed by atoms with van der Waals surface area (Å²) in [6.45, 7) is 3.69. The average molecular weight is 212 g/mol. The highest BCUT2D eigenvalue weighted by molar-refractivity contribution is 7.80. The van der Waals surface area contributed by atoms with E-state index in [1.807, 2.05) is 24.7 Å². The zero-order valence-electron chi connectivity index (χ0n) is 8.58. The topological polar surface area (TPSA) is 41.9 Å². The summed E-state index contributed by atoms with van der Waals surface area (Å²) < 4.78 is 2.01. The first-order valence-electron chi connectivity index (χ1n) is 4.72. The Bertz CT molecular complexity index is 295. The minimum absolute atomic E-state index is 0.710. The Morgan fingerprint density at radius 2 is 2.36 bits per heavy atom. The highest BCUT2D eigenvalue weighted by Gasteiger charge is 1.98. The van der Waals surface area contributed by atoms with E-state index in [1.54, 1.807) is 6.20 Å². The van der Waals surface area contributed by atoms with Crippen molar-refractivity contribution in [3.05, 3.63) is 18.2 Å². The molecular formula is C9H16N4S. The maximum Gasteiger partial charge on any atom is 0.166 e. The summed E-state index contributed by atoms with van der Waals surface area (Å²) in [6, 6.07) is 0. The fraction of sp³-hybridized carbons (Fsp3) is 0.556. The third-order valence-electron chi connectivity index (χ3n) is 1.89. The number of nitrogens with one attached hydrogen (secondary N) is 2. The molecule has 0 aliphatic rings. The van der Waals surface area contributed by atoms with Crippen LogP contribution in [0.5, 0.6) is 0 Å². The number of aryl methyl sites for hydroxylation is 1. The number of imidazole rings is 1. The Morgan fingerprint density at radius 3 is 2.93 bits per heavy atom. The molecule has 1 aromatic rings. The van der Waals surface area contributed by atoms with Gasteiger partial charge in [-0.25, -0.2) is 4.98 Å². The van der Waals surface area contributed by atoms with Crippen LogP contribution >= 0.6 is 12.2 Å². The number of thiocarbonyl (C=S) groups is 1. The van der Waals surface area contributed by atoms with E-state index < -0.39 is 0 Å². The largest absolute Gasteiger partial charge is 0.363 e. The van der Waals surface area contributed by atoms with E-state index in [0.717, 1.165) is 25.3 Å². The van der Waals surface area contributed by atoms with Gasteiger partial charge in [0.1, 0.15) is 5.82 Å². The molecule has 0 spiro atoms. The maximum absolute atomic E-state index is 5.03. The molecule has 78 valence electrons. The van der Waals surface area contributed by atoms with E-state index in [1.165, 1.54) is 0 Å². The Labute approximate surface area is 89.7 Å². The van der Waals surface area contributed by atoms with E-state index in [4.69, 9.17) is 12.2 Å². The number of rotatable bonds is 4. The molecule has 4 nitrogen and oxygen atoms in total. The molecule has 0 aromatic carbocycles. The van der Waals surface area contributed by atoms with Crippen LogP contribution in [0.3, 0.4) is 0 Å². The molecule has 0 bridgehead atoms. The molecule has 1 aromatic heterocycles. The van der Waals surface area contributed by atoms with E-state index in [-0.39, 0.29) is 0 Å². The maximum atomic E-state index is 5.03. The lowest BCUT2D eigenvalue weighted by molar-refractivity contribution is 0.742. The second-order valence-electron chi connectivity index (χ2n) is 2.99. The predicted molar refractivity (Wildman–Crippen MR) is 61.2 cm³/mol. The molecule has 0 radical (unpaired) electrons. The van der Waals surface area contributed by atoms with Crippen molar-refractivity contribution in [2.45, 2.75) is 13.3 Å². The number of hydrogen-bond donors (Lipinski definition) is 2. The van der Waals surface area contributed by atoms with Gasteiger partial charge in [-0.3, -0.25) is 0 Å². The summed E-state index contributed by atoms with van der Waals surface area (Å²) >= 11 is 5.03. The van der Waals surface area contributed by atoms with Crippen LogP contribution in [0.4, 0.5) is 0 Å². The first-order chi connectivity index (χ1) is 6.74. The van der Waals surface area contributed by atoms with Crippen molar-refractivity contribution < 1.29 is 0 Å². The second-order valence-corrected chi connectivity index (χ2v) is 3.40. The van der Waals surface area contributed by atoms with E-state index in [0.29, 0.717) is 5.11 Å². The van der Waals surface area contributed by atoms with Gasteiger partial charge in [-0.15, -0.1) is 0 Å². The molecule has 0 fully saturated rings. The normalized spacial score (nSPS) is 9.86. The Morgan fingerprint density at radius 1 is 1.57 bits per heavy atom. The van der Waals surface area contributed by atoms with Gasteiger partial charge >= 0.3 is 0 Å². The Kier molecular flexibility index (Phi) is 4.39. The number of nitrogens with zero attached hydrogens (tertiary/aromatic N) is 2. The van der Waals surface area contributed by atoms with Crippen molar-refractivity contribution in [1.29, 1.82) is 0 Å². The van der Waals surface area contributed by atoms with Gasteiger partial charge in [-0.1, -0.05) is 0 Å². The lowest BCUT2D eigenvalue weighted by Crippen LogP contribution is -2.36. The van der Waals surface area contributed by atoms with Gasteiger partial charge in [0, 0.05) is 39.0 Å². The number of aromatic nitrogens is 2. The van der Waals surface area contributed by atoms with Crippen molar-refractivity contribution in [1.82, 2.24) is 20.2 Å². The highest BCUT2D eigenvalue weighted by Crippen LogP contribution is 1.93. The Hall–Kier alpha value is -1.10. The summed E-state index contributed by atoms with van der Waals surface area (Å²) in [5.74, 6) is 1.07. The standard InChI is InChI=1S/C9H16N4S/c1-3-10-9(14)12-5-4-8-11-6-7-13(8)2/h6-7H,3-5H2,1-2H3,(H2,10,12,14). The summed E-state index contributed by atoms with van der Waals surface area (Å²) in [5.41, 5.74) is 0. The molecule has 1 rings (SSSR count). The van der Waals surface area contributed by atoms with Crippen molar-refractivity contribution in [3.63, 3.8) is 0 Å². The molecule has 14 heavy (non-hydrogen) atoms. The average Bonchev–Trinajstić information content (AvgIpc) is 2.52. The first-order valence-corrected chi connectivity index (χ1v) is 5.12. The third-order valence-corrected chi connectivity index (χ3v) is 2.18. The lowest BCUT2D eigenvalue weighted by Gasteiger charge is -2.08. The molecule has 1 heterocycles. The monoisotopic (exact) mass is 212 g/mol. The van der Waals surface area contributed by atoms with Gasteiger partial charge in [-0.2, -0.15) is 0 Å². The van der Waals surface area contributed by atoms with Gasteiger partial charge in [0.05, 0.1) is 0 Å². The van der Waals surface area contributed by atoms with Gasteiger partial charge in [0.2, 0.25) is 0 Å². The van der Waals surface area contributed by atoms with E-state index >= 15 is 0 Å². The van der Waals surface area contributed by atoms with Gasteiger partial charge in [0.15, 0.2) is 5.11 Å². The van der Waals surface area contributed by atoms with Crippen LogP contribution in [-0.4, -0.2) is 27.8 Å². The summed E-state index contributed by atoms with van der Waals surface area (Å²) in [6.07, 6.45) is 4.63. The second kappa shape index (κ2) is 5.59. The molecule has 0 aliphatic carbocycles. The van der Waals surface area contributed by atoms with Crippen molar-refractivity contribution in [2.24, 2.45) is 7.05 Å². The molecule has 0 saturated heterocycles. The fourth-order valence-electron chi connectivity index (χ4n) is 1.15. The predicted octanol–water partition coefficient (Wildman–Crippen LogP) is 0.447. The highest BCUT2D eigenvalue weighted by atomic mass is 32.1. The summed E-state index contributed by atoms with van der Waals surface area (Å²) in [7, 11) is 1.99. The zero-order chi connectivity index (χ0) is 10.4. The molecular weight excluding hydrogens is 196 g/mol. The zero-order valence-corrected chi connectivity index (χ0v) is 9.40. The molecule has 0 aliphatic heterocycles. The smallest absolute Gasteiger partial charge is 0.166 e. The molecule has 0 amide bonds. The van der Waals surface area contributed by atoms with Crippen LogP contribution in [-0.2, 0) is 13.5 Å². The van der Waals surface area contributed by atoms with Crippen molar-refractivity contribution in [3.8, 4) is 0 Å². The SMILES string of the molecule is CCNC(=S)NCCc1nccn1C. The molecule has 0 unspecified atom stereocenters. The Balaban J connectivity index is 2.22. The molecule has 2 N–H and O–H groups in total. The third kappa shape index (κ3) is 3.33. The quantitative estimate of drug-likeness (QED) is 0.711. The molecule has 0 atom stereocenters. The molecule has 0 saturated carbocycles. The van der Waals surface area contributed by atoms with Crippen molar-refractivity contribution in [2.75, 3.05) is 13.1 Å². The first kappa shape index (κ1) is 11.0. The lowest BCUT2D eigenvalue weighted by atomic mass is 10.4. The van der Waals surface area contributed by atoms with E-state index in [9.17, 15) is 0 Å². The van der Waals surface area contributed by atoms with Crippen LogP contribution in [0, 0.1) is 0 Å². The van der Waals surface area contributed by atoms with E-state index in [2.05, 4.69) is 15.6 Å². The fourth-order valence-corrected chi connectivity index (χ4v) is 1.39. The number of hydrogen-bond acceptors (Lipinski definition) is 2. The molecule has 5 heteroatoms. The van der Waals surface area contributed by atoms with Gasteiger partial charge < -0.3 is 15.2 Å². The van der Waals surface area contributed by atoms with Crippen LogP contribution < -0.4 is 10.6 Å².